The van der Waals surface area contributed by atoms with Crippen molar-refractivity contribution in [2.45, 2.75) is 39.5 Å². The first-order valence-corrected chi connectivity index (χ1v) is 11.9. The predicted molar refractivity (Wildman–Crippen MR) is 129 cm³/mol. The quantitative estimate of drug-likeness (QED) is 0.328. The maximum atomic E-state index is 12.9. The molecule has 2 aromatic carbocycles. The summed E-state index contributed by atoms with van der Waals surface area (Å²) in [5, 5.41) is 4.44. The van der Waals surface area contributed by atoms with Gasteiger partial charge in [0.1, 0.15) is 11.5 Å². The molecule has 0 fully saturated rings. The van der Waals surface area contributed by atoms with Gasteiger partial charge in [-0.25, -0.2) is 0 Å². The Kier molecular flexibility index (Phi) is 7.17. The Morgan fingerprint density at radius 2 is 1.69 bits per heavy atom. The smallest absolute Gasteiger partial charge is 0.291 e. The van der Waals surface area contributed by atoms with Gasteiger partial charge in [-0.05, 0) is 49.2 Å². The van der Waals surface area contributed by atoms with Crippen molar-refractivity contribution in [1.29, 1.82) is 0 Å². The highest BCUT2D eigenvalue weighted by atomic mass is 32.1. The van der Waals surface area contributed by atoms with Crippen LogP contribution in [0.2, 0.25) is 0 Å². The van der Waals surface area contributed by atoms with Crippen LogP contribution < -0.4 is 19.6 Å². The third kappa shape index (κ3) is 4.99. The summed E-state index contributed by atoms with van der Waals surface area (Å²) in [4.78, 5) is 18.1. The van der Waals surface area contributed by atoms with E-state index in [-0.39, 0.29) is 5.56 Å². The predicted octanol–water partition coefficient (Wildman–Crippen LogP) is 4.72. The van der Waals surface area contributed by atoms with Crippen molar-refractivity contribution in [2.24, 2.45) is 0 Å². The Balaban J connectivity index is 1.58. The molecule has 2 heterocycles. The van der Waals surface area contributed by atoms with Crippen LogP contribution >= 0.6 is 11.3 Å². The van der Waals surface area contributed by atoms with E-state index >= 15 is 0 Å². The van der Waals surface area contributed by atoms with Crippen LogP contribution in [0.3, 0.4) is 0 Å². The number of aromatic nitrogens is 3. The molecule has 0 spiro atoms. The molecule has 0 N–H and O–H groups in total. The zero-order chi connectivity index (χ0) is 22.3. The summed E-state index contributed by atoms with van der Waals surface area (Å²) in [6.45, 7) is 5.63. The third-order valence-electron chi connectivity index (χ3n) is 5.02. The summed E-state index contributed by atoms with van der Waals surface area (Å²) >= 11 is 1.33. The Morgan fingerprint density at radius 3 is 2.41 bits per heavy atom. The number of rotatable bonds is 10. The second-order valence-electron chi connectivity index (χ2n) is 7.51. The molecule has 166 valence electrons. The normalized spacial score (nSPS) is 11.9. The van der Waals surface area contributed by atoms with E-state index in [1.165, 1.54) is 15.9 Å². The highest BCUT2D eigenvalue weighted by Crippen LogP contribution is 2.22. The van der Waals surface area contributed by atoms with Crippen molar-refractivity contribution < 1.29 is 9.47 Å². The van der Waals surface area contributed by atoms with Crippen LogP contribution in [0.1, 0.15) is 45.1 Å². The van der Waals surface area contributed by atoms with Gasteiger partial charge in [0.05, 0.1) is 17.7 Å². The molecule has 2 aromatic heterocycles. The highest BCUT2D eigenvalue weighted by molar-refractivity contribution is 7.15. The van der Waals surface area contributed by atoms with Gasteiger partial charge in [0.2, 0.25) is 4.96 Å². The topological polar surface area (TPSA) is 65.7 Å². The molecule has 0 radical (unpaired) electrons. The average molecular weight is 450 g/mol. The van der Waals surface area contributed by atoms with Gasteiger partial charge in [-0.15, -0.1) is 5.10 Å². The first kappa shape index (κ1) is 22.0. The molecule has 0 bridgehead atoms. The summed E-state index contributed by atoms with van der Waals surface area (Å²) in [7, 11) is 0. The number of hydrogen-bond acceptors (Lipinski definition) is 6. The van der Waals surface area contributed by atoms with E-state index in [2.05, 4.69) is 23.9 Å². The summed E-state index contributed by atoms with van der Waals surface area (Å²) < 4.78 is 13.5. The fraction of sp³-hybridized carbons (Fsp3) is 0.320. The summed E-state index contributed by atoms with van der Waals surface area (Å²) in [5.74, 6) is 2.13. The van der Waals surface area contributed by atoms with Crippen molar-refractivity contribution in [3.63, 3.8) is 0 Å². The van der Waals surface area contributed by atoms with Crippen molar-refractivity contribution in [1.82, 2.24) is 14.6 Å². The monoisotopic (exact) mass is 449 g/mol. The second-order valence-corrected chi connectivity index (χ2v) is 8.52. The summed E-state index contributed by atoms with van der Waals surface area (Å²) in [6.07, 6.45) is 6.05. The first-order valence-electron chi connectivity index (χ1n) is 11.1. The minimum absolute atomic E-state index is 0.174. The van der Waals surface area contributed by atoms with Crippen molar-refractivity contribution in [3.05, 3.63) is 69.0 Å². The molecule has 0 atom stereocenters. The van der Waals surface area contributed by atoms with Gasteiger partial charge in [-0.3, -0.25) is 4.79 Å². The standard InChI is InChI=1S/C25H27N3O3S/c1-3-5-15-30-20-13-11-18(12-14-20)23-26-25-28(27-23)24(29)22(32-25)17-19-9-7-8-10-21(19)31-16-6-4-2/h7-14,17H,3-6,15-16H2,1-2H3/b22-17+. The van der Waals surface area contributed by atoms with Crippen molar-refractivity contribution in [2.75, 3.05) is 13.2 Å². The highest BCUT2D eigenvalue weighted by Gasteiger charge is 2.12. The second kappa shape index (κ2) is 10.4. The lowest BCUT2D eigenvalue weighted by Crippen LogP contribution is -2.23. The molecule has 0 aliphatic rings. The number of unbranched alkanes of at least 4 members (excludes halogenated alkanes) is 2. The number of ether oxygens (including phenoxy) is 2. The van der Waals surface area contributed by atoms with E-state index in [0.717, 1.165) is 48.3 Å². The number of hydrogen-bond donors (Lipinski definition) is 0. The number of benzene rings is 2. The van der Waals surface area contributed by atoms with Crippen LogP contribution in [0, 0.1) is 0 Å². The number of fused-ring (bicyclic) bond motifs is 1. The van der Waals surface area contributed by atoms with Crippen LogP contribution in [-0.4, -0.2) is 27.8 Å². The van der Waals surface area contributed by atoms with Gasteiger partial charge in [0.15, 0.2) is 5.82 Å². The number of nitrogens with zero attached hydrogens (tertiary/aromatic N) is 3. The van der Waals surface area contributed by atoms with Crippen molar-refractivity contribution >= 4 is 22.4 Å². The van der Waals surface area contributed by atoms with Crippen molar-refractivity contribution in [3.8, 4) is 22.9 Å². The van der Waals surface area contributed by atoms with Gasteiger partial charge in [-0.2, -0.15) is 9.50 Å². The Labute approximate surface area is 191 Å². The van der Waals surface area contributed by atoms with Gasteiger partial charge in [0, 0.05) is 11.1 Å². The Morgan fingerprint density at radius 1 is 0.969 bits per heavy atom. The van der Waals surface area contributed by atoms with Crippen LogP contribution in [0.25, 0.3) is 22.4 Å². The average Bonchev–Trinajstić information content (AvgIpc) is 3.35. The van der Waals surface area contributed by atoms with E-state index in [9.17, 15) is 4.79 Å². The molecule has 0 saturated carbocycles. The van der Waals surface area contributed by atoms with Crippen LogP contribution in [0.15, 0.2) is 53.3 Å². The van der Waals surface area contributed by atoms with E-state index in [1.807, 2.05) is 54.6 Å². The molecule has 0 amide bonds. The number of thiazole rings is 1. The lowest BCUT2D eigenvalue weighted by atomic mass is 10.2. The zero-order valence-corrected chi connectivity index (χ0v) is 19.2. The minimum atomic E-state index is -0.174. The third-order valence-corrected chi connectivity index (χ3v) is 5.98. The maximum absolute atomic E-state index is 12.9. The summed E-state index contributed by atoms with van der Waals surface area (Å²) in [5.41, 5.74) is 1.55. The molecule has 7 heteroatoms. The van der Waals surface area contributed by atoms with Crippen LogP contribution in [-0.2, 0) is 0 Å². The van der Waals surface area contributed by atoms with E-state index < -0.39 is 0 Å². The fourth-order valence-electron chi connectivity index (χ4n) is 3.19. The van der Waals surface area contributed by atoms with Gasteiger partial charge >= 0.3 is 0 Å². The minimum Gasteiger partial charge on any atom is -0.494 e. The molecule has 32 heavy (non-hydrogen) atoms. The van der Waals surface area contributed by atoms with E-state index in [0.29, 0.717) is 28.5 Å². The molecular weight excluding hydrogens is 422 g/mol. The Hall–Kier alpha value is -3.19. The summed E-state index contributed by atoms with van der Waals surface area (Å²) in [6, 6.07) is 15.4. The molecule has 6 nitrogen and oxygen atoms in total. The van der Waals surface area contributed by atoms with Crippen LogP contribution in [0.4, 0.5) is 0 Å². The van der Waals surface area contributed by atoms with E-state index in [4.69, 9.17) is 9.47 Å². The SMILES string of the molecule is CCCCOc1ccc(-c2nc3s/c(=C/c4ccccc4OCCCC)c(=O)n3n2)cc1. The molecule has 4 rings (SSSR count). The zero-order valence-electron chi connectivity index (χ0n) is 18.4. The van der Waals surface area contributed by atoms with Crippen LogP contribution in [0.5, 0.6) is 11.5 Å². The maximum Gasteiger partial charge on any atom is 0.291 e. The number of para-hydroxylation sites is 1. The molecule has 0 aliphatic carbocycles. The Bertz CT molecular complexity index is 1280. The lowest BCUT2D eigenvalue weighted by Gasteiger charge is -2.07. The first-order chi connectivity index (χ1) is 15.7. The van der Waals surface area contributed by atoms with Gasteiger partial charge < -0.3 is 9.47 Å². The molecular formula is C25H27N3O3S. The largest absolute Gasteiger partial charge is 0.494 e. The molecule has 4 aromatic rings. The van der Waals surface area contributed by atoms with Gasteiger partial charge in [-0.1, -0.05) is 56.2 Å². The molecule has 0 unspecified atom stereocenters. The molecule has 0 aliphatic heterocycles. The molecule has 0 saturated heterocycles. The lowest BCUT2D eigenvalue weighted by molar-refractivity contribution is 0.308. The van der Waals surface area contributed by atoms with E-state index in [1.54, 1.807) is 0 Å². The fourth-order valence-corrected chi connectivity index (χ4v) is 4.09. The van der Waals surface area contributed by atoms with Gasteiger partial charge in [0.25, 0.3) is 5.56 Å².